The predicted octanol–water partition coefficient (Wildman–Crippen LogP) is 2.26. The van der Waals surface area contributed by atoms with Crippen LogP contribution in [0.1, 0.15) is 32.3 Å². The molecule has 18 heavy (non-hydrogen) atoms. The van der Waals surface area contributed by atoms with Crippen molar-refractivity contribution in [2.45, 2.75) is 32.1 Å². The van der Waals surface area contributed by atoms with Gasteiger partial charge in [0.15, 0.2) is 0 Å². The van der Waals surface area contributed by atoms with E-state index in [0.29, 0.717) is 0 Å². The van der Waals surface area contributed by atoms with Crippen LogP contribution < -0.4 is 10.6 Å². The van der Waals surface area contributed by atoms with E-state index in [9.17, 15) is 9.59 Å². The normalized spacial score (nSPS) is 20.2. The lowest BCUT2D eigenvalue weighted by molar-refractivity contribution is -0.119. The lowest BCUT2D eigenvalue weighted by atomic mass is 9.86. The van der Waals surface area contributed by atoms with Crippen molar-refractivity contribution < 1.29 is 9.59 Å². The first-order chi connectivity index (χ1) is 8.48. The molecule has 2 aliphatic rings. The summed E-state index contributed by atoms with van der Waals surface area (Å²) in [5, 5.41) is 5.76. The Morgan fingerprint density at radius 2 is 2.11 bits per heavy atom. The largest absolute Gasteiger partial charge is 0.326 e. The minimum Gasteiger partial charge on any atom is -0.326 e. The van der Waals surface area contributed by atoms with Gasteiger partial charge in [0.1, 0.15) is 0 Å². The lowest BCUT2D eigenvalue weighted by Crippen LogP contribution is -2.27. The lowest BCUT2D eigenvalue weighted by Gasteiger charge is -2.16. The minimum absolute atomic E-state index is 0.00293. The summed E-state index contributed by atoms with van der Waals surface area (Å²) >= 11 is 0. The maximum absolute atomic E-state index is 11.8. The van der Waals surface area contributed by atoms with Crippen molar-refractivity contribution in [2.75, 3.05) is 10.6 Å². The predicted molar refractivity (Wildman–Crippen MR) is 69.5 cm³/mol. The summed E-state index contributed by atoms with van der Waals surface area (Å²) in [4.78, 5) is 23.5. The molecule has 0 atom stereocenters. The number of carbonyl (C=O) groups excluding carboxylic acids is 2. The Morgan fingerprint density at radius 3 is 2.78 bits per heavy atom. The second kappa shape index (κ2) is 3.57. The van der Waals surface area contributed by atoms with E-state index < -0.39 is 5.41 Å². The van der Waals surface area contributed by atoms with E-state index in [1.54, 1.807) is 0 Å². The van der Waals surface area contributed by atoms with Gasteiger partial charge in [0.05, 0.1) is 5.41 Å². The molecule has 0 bridgehead atoms. The van der Waals surface area contributed by atoms with Gasteiger partial charge in [0.2, 0.25) is 11.8 Å². The third-order valence-electron chi connectivity index (χ3n) is 3.72. The minimum atomic E-state index is -0.532. The van der Waals surface area contributed by atoms with Crippen LogP contribution in [-0.2, 0) is 15.0 Å². The Hall–Kier alpha value is -1.84. The average molecular weight is 244 g/mol. The first-order valence-electron chi connectivity index (χ1n) is 6.25. The van der Waals surface area contributed by atoms with Crippen molar-refractivity contribution in [1.29, 1.82) is 0 Å². The van der Waals surface area contributed by atoms with Gasteiger partial charge in [-0.2, -0.15) is 0 Å². The highest BCUT2D eigenvalue weighted by Crippen LogP contribution is 2.39. The van der Waals surface area contributed by atoms with Crippen LogP contribution in [0.2, 0.25) is 0 Å². The Morgan fingerprint density at radius 1 is 1.39 bits per heavy atom. The summed E-state index contributed by atoms with van der Waals surface area (Å²) in [6, 6.07) is 5.58. The fraction of sp³-hybridized carbons (Fsp3) is 0.429. The molecule has 1 saturated carbocycles. The molecule has 4 nitrogen and oxygen atoms in total. The Labute approximate surface area is 106 Å². The molecule has 1 heterocycles. The number of anilines is 2. The number of fused-ring (bicyclic) bond motifs is 1. The average Bonchev–Trinajstić information content (AvgIpc) is 3.11. The maximum atomic E-state index is 11.8. The molecule has 0 radical (unpaired) electrons. The van der Waals surface area contributed by atoms with Gasteiger partial charge in [-0.1, -0.05) is 0 Å². The second-order valence-corrected chi connectivity index (χ2v) is 5.60. The Bertz CT molecular complexity index is 545. The van der Waals surface area contributed by atoms with Crippen molar-refractivity contribution in [3.63, 3.8) is 0 Å². The highest BCUT2D eigenvalue weighted by Gasteiger charge is 2.38. The molecular weight excluding hydrogens is 228 g/mol. The molecule has 1 fully saturated rings. The van der Waals surface area contributed by atoms with Crippen molar-refractivity contribution in [3.05, 3.63) is 23.8 Å². The third-order valence-corrected chi connectivity index (χ3v) is 3.72. The van der Waals surface area contributed by atoms with Crippen LogP contribution >= 0.6 is 0 Å². The topological polar surface area (TPSA) is 58.2 Å². The van der Waals surface area contributed by atoms with Crippen LogP contribution in [0.3, 0.4) is 0 Å². The Balaban J connectivity index is 1.89. The summed E-state index contributed by atoms with van der Waals surface area (Å²) in [6.07, 6.45) is 1.98. The molecule has 0 saturated heterocycles. The van der Waals surface area contributed by atoms with Gasteiger partial charge in [-0.3, -0.25) is 9.59 Å². The molecule has 1 aromatic rings. The van der Waals surface area contributed by atoms with E-state index in [-0.39, 0.29) is 17.7 Å². The van der Waals surface area contributed by atoms with Crippen LogP contribution in [0.4, 0.5) is 11.4 Å². The molecule has 1 aliphatic carbocycles. The van der Waals surface area contributed by atoms with Gasteiger partial charge in [-0.15, -0.1) is 0 Å². The number of rotatable bonds is 2. The Kier molecular flexibility index (Phi) is 2.24. The van der Waals surface area contributed by atoms with Crippen molar-refractivity contribution in [1.82, 2.24) is 0 Å². The van der Waals surface area contributed by atoms with Gasteiger partial charge in [0, 0.05) is 17.3 Å². The fourth-order valence-electron chi connectivity index (χ4n) is 2.24. The van der Waals surface area contributed by atoms with Crippen molar-refractivity contribution in [2.24, 2.45) is 5.92 Å². The molecule has 2 N–H and O–H groups in total. The molecule has 3 rings (SSSR count). The number of hydrogen-bond acceptors (Lipinski definition) is 2. The highest BCUT2D eigenvalue weighted by atomic mass is 16.2. The molecule has 1 aliphatic heterocycles. The summed E-state index contributed by atoms with van der Waals surface area (Å²) in [7, 11) is 0. The molecule has 4 heteroatoms. The summed E-state index contributed by atoms with van der Waals surface area (Å²) in [5.41, 5.74) is 2.03. The van der Waals surface area contributed by atoms with E-state index in [2.05, 4.69) is 10.6 Å². The third kappa shape index (κ3) is 1.68. The van der Waals surface area contributed by atoms with E-state index in [1.807, 2.05) is 32.0 Å². The van der Waals surface area contributed by atoms with Crippen LogP contribution in [0.5, 0.6) is 0 Å². The summed E-state index contributed by atoms with van der Waals surface area (Å²) < 4.78 is 0. The number of nitrogens with one attached hydrogen (secondary N) is 2. The van der Waals surface area contributed by atoms with Crippen molar-refractivity contribution in [3.8, 4) is 0 Å². The van der Waals surface area contributed by atoms with Gasteiger partial charge >= 0.3 is 0 Å². The van der Waals surface area contributed by atoms with E-state index in [1.165, 1.54) is 0 Å². The van der Waals surface area contributed by atoms with Crippen LogP contribution in [0.15, 0.2) is 18.2 Å². The standard InChI is InChI=1S/C14H16N2O2/c1-14(2)10-7-9(15-12(17)8-3-4-8)5-6-11(10)16-13(14)18/h5-8H,3-4H2,1-2H3,(H,15,17)(H,16,18). The summed E-state index contributed by atoms with van der Waals surface area (Å²) in [5.74, 6) is 0.277. The smallest absolute Gasteiger partial charge is 0.234 e. The highest BCUT2D eigenvalue weighted by molar-refractivity contribution is 6.06. The van der Waals surface area contributed by atoms with Crippen LogP contribution in [-0.4, -0.2) is 11.8 Å². The number of amides is 2. The zero-order chi connectivity index (χ0) is 12.9. The molecular formula is C14H16N2O2. The quantitative estimate of drug-likeness (QED) is 0.838. The molecule has 0 spiro atoms. The zero-order valence-electron chi connectivity index (χ0n) is 10.5. The zero-order valence-corrected chi connectivity index (χ0v) is 10.5. The fourth-order valence-corrected chi connectivity index (χ4v) is 2.24. The molecule has 0 aromatic heterocycles. The molecule has 2 amide bonds. The SMILES string of the molecule is CC1(C)C(=O)Nc2ccc(NC(=O)C3CC3)cc21. The van der Waals surface area contributed by atoms with Gasteiger partial charge in [0.25, 0.3) is 0 Å². The first kappa shape index (κ1) is 11.3. The maximum Gasteiger partial charge on any atom is 0.234 e. The van der Waals surface area contributed by atoms with E-state index in [4.69, 9.17) is 0 Å². The number of hydrogen-bond donors (Lipinski definition) is 2. The number of benzene rings is 1. The van der Waals surface area contributed by atoms with E-state index in [0.717, 1.165) is 29.8 Å². The molecule has 94 valence electrons. The first-order valence-corrected chi connectivity index (χ1v) is 6.25. The molecule has 0 unspecified atom stereocenters. The van der Waals surface area contributed by atoms with Crippen LogP contribution in [0.25, 0.3) is 0 Å². The second-order valence-electron chi connectivity index (χ2n) is 5.60. The van der Waals surface area contributed by atoms with Gasteiger partial charge in [-0.05, 0) is 50.5 Å². The molecule has 1 aromatic carbocycles. The van der Waals surface area contributed by atoms with Crippen LogP contribution in [0, 0.1) is 5.92 Å². The monoisotopic (exact) mass is 244 g/mol. The number of carbonyl (C=O) groups is 2. The van der Waals surface area contributed by atoms with E-state index >= 15 is 0 Å². The van der Waals surface area contributed by atoms with Crippen molar-refractivity contribution >= 4 is 23.2 Å². The van der Waals surface area contributed by atoms with Gasteiger partial charge in [-0.25, -0.2) is 0 Å². The van der Waals surface area contributed by atoms with Gasteiger partial charge < -0.3 is 10.6 Å². The summed E-state index contributed by atoms with van der Waals surface area (Å²) in [6.45, 7) is 3.78.